The number of aliphatic hydroxyl groups excluding tert-OH is 1. The van der Waals surface area contributed by atoms with Crippen LogP contribution in [0.2, 0.25) is 5.02 Å². The van der Waals surface area contributed by atoms with Crippen LogP contribution in [0.4, 0.5) is 5.69 Å². The van der Waals surface area contributed by atoms with Crippen LogP contribution in [0.25, 0.3) is 0 Å². The van der Waals surface area contributed by atoms with E-state index in [2.05, 4.69) is 36.3 Å². The van der Waals surface area contributed by atoms with Crippen molar-refractivity contribution >= 4 is 28.6 Å². The maximum atomic E-state index is 9.55. The van der Waals surface area contributed by atoms with Crippen LogP contribution in [-0.2, 0) is 13.2 Å². The number of hydrogen-bond acceptors (Lipinski definition) is 3. The SMILES string of the molecule is CC(C)N(Cc1cccs1)c1cccc(Cl)c1CO. The van der Waals surface area contributed by atoms with Crippen molar-refractivity contribution in [2.45, 2.75) is 33.0 Å². The van der Waals surface area contributed by atoms with Crippen molar-refractivity contribution in [3.8, 4) is 0 Å². The van der Waals surface area contributed by atoms with Gasteiger partial charge in [0.05, 0.1) is 13.2 Å². The van der Waals surface area contributed by atoms with Gasteiger partial charge in [-0.3, -0.25) is 0 Å². The van der Waals surface area contributed by atoms with Gasteiger partial charge in [-0.05, 0) is 37.4 Å². The molecule has 2 aromatic rings. The largest absolute Gasteiger partial charge is 0.392 e. The van der Waals surface area contributed by atoms with Crippen LogP contribution in [0, 0.1) is 0 Å². The molecule has 19 heavy (non-hydrogen) atoms. The summed E-state index contributed by atoms with van der Waals surface area (Å²) in [5.41, 5.74) is 1.81. The summed E-state index contributed by atoms with van der Waals surface area (Å²) in [6, 6.07) is 10.3. The lowest BCUT2D eigenvalue weighted by molar-refractivity contribution is 0.282. The number of thiophene rings is 1. The van der Waals surface area contributed by atoms with Gasteiger partial charge in [-0.1, -0.05) is 23.7 Å². The van der Waals surface area contributed by atoms with Crippen molar-refractivity contribution in [3.63, 3.8) is 0 Å². The molecule has 102 valence electrons. The molecule has 0 aliphatic heterocycles. The third-order valence-corrected chi connectivity index (χ3v) is 4.31. The van der Waals surface area contributed by atoms with Crippen molar-refractivity contribution in [3.05, 3.63) is 51.2 Å². The maximum Gasteiger partial charge on any atom is 0.0716 e. The molecule has 1 heterocycles. The summed E-state index contributed by atoms with van der Waals surface area (Å²) < 4.78 is 0. The van der Waals surface area contributed by atoms with Gasteiger partial charge in [0.15, 0.2) is 0 Å². The predicted octanol–water partition coefficient (Wildman–Crippen LogP) is 4.31. The quantitative estimate of drug-likeness (QED) is 0.888. The first-order chi connectivity index (χ1) is 9.13. The van der Waals surface area contributed by atoms with Crippen LogP contribution >= 0.6 is 22.9 Å². The molecular weight excluding hydrogens is 278 g/mol. The number of aliphatic hydroxyl groups is 1. The molecule has 1 N–H and O–H groups in total. The Labute approximate surface area is 123 Å². The van der Waals surface area contributed by atoms with Gasteiger partial charge in [0, 0.05) is 27.2 Å². The van der Waals surface area contributed by atoms with E-state index in [1.165, 1.54) is 4.88 Å². The van der Waals surface area contributed by atoms with Crippen molar-refractivity contribution in [2.24, 2.45) is 0 Å². The van der Waals surface area contributed by atoms with Crippen LogP contribution < -0.4 is 4.90 Å². The number of anilines is 1. The second kappa shape index (κ2) is 6.42. The molecule has 0 unspecified atom stereocenters. The van der Waals surface area contributed by atoms with E-state index in [4.69, 9.17) is 11.6 Å². The average molecular weight is 296 g/mol. The Hall–Kier alpha value is -1.03. The minimum absolute atomic E-state index is 0.0390. The highest BCUT2D eigenvalue weighted by atomic mass is 35.5. The van der Waals surface area contributed by atoms with Crippen molar-refractivity contribution in [1.29, 1.82) is 0 Å². The molecule has 0 saturated carbocycles. The summed E-state index contributed by atoms with van der Waals surface area (Å²) in [5, 5.41) is 12.3. The second-order valence-electron chi connectivity index (χ2n) is 4.70. The highest BCUT2D eigenvalue weighted by Crippen LogP contribution is 2.30. The maximum absolute atomic E-state index is 9.55. The van der Waals surface area contributed by atoms with Gasteiger partial charge in [0.25, 0.3) is 0 Å². The zero-order chi connectivity index (χ0) is 13.8. The summed E-state index contributed by atoms with van der Waals surface area (Å²) >= 11 is 7.92. The smallest absolute Gasteiger partial charge is 0.0716 e. The van der Waals surface area contributed by atoms with Gasteiger partial charge >= 0.3 is 0 Å². The van der Waals surface area contributed by atoms with Gasteiger partial charge in [-0.2, -0.15) is 0 Å². The molecule has 0 spiro atoms. The third kappa shape index (κ3) is 3.30. The van der Waals surface area contributed by atoms with Crippen LogP contribution in [0.3, 0.4) is 0 Å². The fourth-order valence-electron chi connectivity index (χ4n) is 2.09. The van der Waals surface area contributed by atoms with Crippen LogP contribution in [0.5, 0.6) is 0 Å². The van der Waals surface area contributed by atoms with Gasteiger partial charge in [0.2, 0.25) is 0 Å². The van der Waals surface area contributed by atoms with E-state index in [0.29, 0.717) is 11.1 Å². The molecule has 0 atom stereocenters. The van der Waals surface area contributed by atoms with Crippen LogP contribution in [-0.4, -0.2) is 11.1 Å². The number of benzene rings is 1. The summed E-state index contributed by atoms with van der Waals surface area (Å²) in [4.78, 5) is 3.57. The average Bonchev–Trinajstić information content (AvgIpc) is 2.88. The normalized spacial score (nSPS) is 11.0. The minimum atomic E-state index is -0.0390. The molecule has 0 aliphatic carbocycles. The molecule has 0 fully saturated rings. The Kier molecular flexibility index (Phi) is 4.86. The predicted molar refractivity (Wildman–Crippen MR) is 83.0 cm³/mol. The summed E-state index contributed by atoms with van der Waals surface area (Å²) in [5.74, 6) is 0. The number of rotatable bonds is 5. The summed E-state index contributed by atoms with van der Waals surface area (Å²) in [7, 11) is 0. The monoisotopic (exact) mass is 295 g/mol. The zero-order valence-electron chi connectivity index (χ0n) is 11.1. The lowest BCUT2D eigenvalue weighted by atomic mass is 10.1. The van der Waals surface area contributed by atoms with Gasteiger partial charge < -0.3 is 10.0 Å². The van der Waals surface area contributed by atoms with Gasteiger partial charge in [0.1, 0.15) is 0 Å². The molecule has 0 aliphatic rings. The Morgan fingerprint density at radius 3 is 2.63 bits per heavy atom. The fraction of sp³-hybridized carbons (Fsp3) is 0.333. The van der Waals surface area contributed by atoms with Crippen molar-refractivity contribution in [1.82, 2.24) is 0 Å². The van der Waals surface area contributed by atoms with E-state index in [0.717, 1.165) is 17.8 Å². The minimum Gasteiger partial charge on any atom is -0.392 e. The lowest BCUT2D eigenvalue weighted by Gasteiger charge is -2.30. The second-order valence-corrected chi connectivity index (χ2v) is 6.14. The molecule has 2 rings (SSSR count). The molecule has 1 aromatic carbocycles. The van der Waals surface area contributed by atoms with E-state index in [9.17, 15) is 5.11 Å². The standard InChI is InChI=1S/C15H18ClNOS/c1-11(2)17(9-12-5-4-8-19-12)15-7-3-6-14(16)13(15)10-18/h3-8,11,18H,9-10H2,1-2H3. The molecular formula is C15H18ClNOS. The Morgan fingerprint density at radius 1 is 1.26 bits per heavy atom. The van der Waals surface area contributed by atoms with E-state index >= 15 is 0 Å². The fourth-order valence-corrected chi connectivity index (χ4v) is 3.02. The molecule has 1 aromatic heterocycles. The number of hydrogen-bond donors (Lipinski definition) is 1. The molecule has 0 bridgehead atoms. The van der Waals surface area contributed by atoms with Gasteiger partial charge in [-0.25, -0.2) is 0 Å². The first-order valence-electron chi connectivity index (χ1n) is 6.30. The molecule has 0 saturated heterocycles. The molecule has 0 radical (unpaired) electrons. The summed E-state index contributed by atoms with van der Waals surface area (Å²) in [6.45, 7) is 5.09. The highest BCUT2D eigenvalue weighted by molar-refractivity contribution is 7.09. The molecule has 0 amide bonds. The number of nitrogens with zero attached hydrogens (tertiary/aromatic N) is 1. The topological polar surface area (TPSA) is 23.5 Å². The van der Waals surface area contributed by atoms with Crippen molar-refractivity contribution < 1.29 is 5.11 Å². The Morgan fingerprint density at radius 2 is 2.05 bits per heavy atom. The van der Waals surface area contributed by atoms with Crippen LogP contribution in [0.1, 0.15) is 24.3 Å². The Bertz CT molecular complexity index is 525. The van der Waals surface area contributed by atoms with E-state index in [1.807, 2.05) is 18.2 Å². The highest BCUT2D eigenvalue weighted by Gasteiger charge is 2.16. The van der Waals surface area contributed by atoms with Crippen molar-refractivity contribution in [2.75, 3.05) is 4.90 Å². The molecule has 4 heteroatoms. The first kappa shape index (κ1) is 14.4. The van der Waals surface area contributed by atoms with E-state index in [1.54, 1.807) is 11.3 Å². The first-order valence-corrected chi connectivity index (χ1v) is 7.56. The van der Waals surface area contributed by atoms with E-state index < -0.39 is 0 Å². The molecule has 2 nitrogen and oxygen atoms in total. The lowest BCUT2D eigenvalue weighted by Crippen LogP contribution is -2.30. The van der Waals surface area contributed by atoms with Gasteiger partial charge in [-0.15, -0.1) is 11.3 Å². The number of halogens is 1. The van der Waals surface area contributed by atoms with E-state index in [-0.39, 0.29) is 6.61 Å². The third-order valence-electron chi connectivity index (χ3n) is 3.09. The van der Waals surface area contributed by atoms with Crippen LogP contribution in [0.15, 0.2) is 35.7 Å². The Balaban J connectivity index is 2.36. The summed E-state index contributed by atoms with van der Waals surface area (Å²) in [6.07, 6.45) is 0. The zero-order valence-corrected chi connectivity index (χ0v) is 12.7.